The maximum absolute atomic E-state index is 15.4. The number of methoxy groups -OCH3 is 1. The molecular formula is C24H28ClF2N5O3. The Balaban J connectivity index is 0.000000308. The maximum Gasteiger partial charge on any atom is 0.318 e. The first-order valence-electron chi connectivity index (χ1n) is 11.5. The smallest absolute Gasteiger partial charge is 0.318 e. The number of aromatic nitrogens is 3. The summed E-state index contributed by atoms with van der Waals surface area (Å²) in [6.07, 6.45) is 3.02. The van der Waals surface area contributed by atoms with E-state index in [0.29, 0.717) is 28.7 Å². The third-order valence-electron chi connectivity index (χ3n) is 6.23. The minimum absolute atomic E-state index is 0.0150. The minimum Gasteiger partial charge on any atom is -0.508 e. The van der Waals surface area contributed by atoms with Crippen molar-refractivity contribution < 1.29 is 18.6 Å². The van der Waals surface area contributed by atoms with Crippen molar-refractivity contribution >= 4 is 28.3 Å². The molecule has 2 unspecified atom stereocenters. The van der Waals surface area contributed by atoms with Gasteiger partial charge in [0.15, 0.2) is 5.82 Å². The second-order valence-corrected chi connectivity index (χ2v) is 9.09. The first-order chi connectivity index (χ1) is 16.8. The van der Waals surface area contributed by atoms with E-state index < -0.39 is 17.5 Å². The molecule has 2 aromatic heterocycles. The molecular weight excluding hydrogens is 480 g/mol. The Bertz CT molecular complexity index is 1300. The molecule has 1 aliphatic heterocycles. The van der Waals surface area contributed by atoms with Crippen molar-refractivity contribution in [2.75, 3.05) is 26.0 Å². The molecule has 0 radical (unpaired) electrons. The molecule has 11 heteroatoms. The molecule has 1 saturated heterocycles. The van der Waals surface area contributed by atoms with Gasteiger partial charge in [-0.15, -0.1) is 0 Å². The number of fused-ring (bicyclic) bond motifs is 1. The van der Waals surface area contributed by atoms with Crippen LogP contribution >= 0.6 is 11.6 Å². The zero-order valence-corrected chi connectivity index (χ0v) is 20.5. The van der Waals surface area contributed by atoms with E-state index in [0.717, 1.165) is 25.7 Å². The van der Waals surface area contributed by atoms with Crippen molar-refractivity contribution in [3.8, 4) is 23.0 Å². The van der Waals surface area contributed by atoms with E-state index >= 15 is 4.39 Å². The van der Waals surface area contributed by atoms with Gasteiger partial charge in [-0.2, -0.15) is 9.97 Å². The van der Waals surface area contributed by atoms with Gasteiger partial charge in [0.1, 0.15) is 28.6 Å². The van der Waals surface area contributed by atoms with Gasteiger partial charge < -0.3 is 25.5 Å². The van der Waals surface area contributed by atoms with E-state index in [4.69, 9.17) is 16.3 Å². The van der Waals surface area contributed by atoms with Crippen LogP contribution in [0.5, 0.6) is 11.8 Å². The topological polar surface area (TPSA) is 112 Å². The second-order valence-electron chi connectivity index (χ2n) is 8.69. The molecule has 0 bridgehead atoms. The SMILES string of the molecule is CCC1CC(F)CN1.CNc1nc(OC)nc2c(F)c(-c3cc(O)cc(Cl)c3C3CC3)[nH]c(=O)c12. The Kier molecular flexibility index (Phi) is 7.42. The predicted molar refractivity (Wildman–Crippen MR) is 132 cm³/mol. The van der Waals surface area contributed by atoms with Crippen LogP contribution in [0.25, 0.3) is 22.2 Å². The Hall–Kier alpha value is -2.98. The molecule has 2 fully saturated rings. The summed E-state index contributed by atoms with van der Waals surface area (Å²) in [4.78, 5) is 23.3. The van der Waals surface area contributed by atoms with Gasteiger partial charge in [-0.3, -0.25) is 4.79 Å². The first-order valence-corrected chi connectivity index (χ1v) is 11.9. The van der Waals surface area contributed by atoms with Gasteiger partial charge in [0.05, 0.1) is 12.8 Å². The fourth-order valence-corrected chi connectivity index (χ4v) is 4.67. The number of pyridine rings is 1. The molecule has 35 heavy (non-hydrogen) atoms. The number of nitrogens with zero attached hydrogens (tertiary/aromatic N) is 2. The summed E-state index contributed by atoms with van der Waals surface area (Å²) in [6, 6.07) is 3.20. The summed E-state index contributed by atoms with van der Waals surface area (Å²) in [6.45, 7) is 2.65. The van der Waals surface area contributed by atoms with Crippen molar-refractivity contribution in [2.24, 2.45) is 0 Å². The molecule has 0 spiro atoms. The average molecular weight is 508 g/mol. The van der Waals surface area contributed by atoms with E-state index in [9.17, 15) is 14.3 Å². The number of halogens is 3. The molecule has 2 atom stereocenters. The van der Waals surface area contributed by atoms with Crippen LogP contribution in [0.2, 0.25) is 5.02 Å². The summed E-state index contributed by atoms with van der Waals surface area (Å²) >= 11 is 6.30. The highest BCUT2D eigenvalue weighted by atomic mass is 35.5. The second kappa shape index (κ2) is 10.3. The highest BCUT2D eigenvalue weighted by molar-refractivity contribution is 6.32. The molecule has 4 N–H and O–H groups in total. The first kappa shape index (κ1) is 25.1. The van der Waals surface area contributed by atoms with Crippen LogP contribution in [0.3, 0.4) is 0 Å². The number of aromatic hydroxyl groups is 1. The molecule has 1 aromatic carbocycles. The molecule has 1 saturated carbocycles. The fraction of sp³-hybridized carbons (Fsp3) is 0.458. The molecule has 2 aliphatic rings. The maximum atomic E-state index is 15.4. The Labute approximate surface area is 206 Å². The van der Waals surface area contributed by atoms with E-state index in [1.807, 2.05) is 0 Å². The van der Waals surface area contributed by atoms with Crippen molar-refractivity contribution in [1.82, 2.24) is 20.3 Å². The van der Waals surface area contributed by atoms with Gasteiger partial charge in [-0.25, -0.2) is 8.78 Å². The number of hydrogen-bond acceptors (Lipinski definition) is 7. The zero-order valence-electron chi connectivity index (χ0n) is 19.7. The lowest BCUT2D eigenvalue weighted by atomic mass is 9.98. The number of phenols is 1. The minimum atomic E-state index is -0.745. The average Bonchev–Trinajstić information content (AvgIpc) is 3.59. The van der Waals surface area contributed by atoms with Crippen LogP contribution in [0.15, 0.2) is 16.9 Å². The summed E-state index contributed by atoms with van der Waals surface area (Å²) in [5.74, 6) is -0.541. The van der Waals surface area contributed by atoms with Crippen LogP contribution in [-0.2, 0) is 0 Å². The largest absolute Gasteiger partial charge is 0.508 e. The van der Waals surface area contributed by atoms with Crippen molar-refractivity contribution in [1.29, 1.82) is 0 Å². The van der Waals surface area contributed by atoms with Gasteiger partial charge in [0.25, 0.3) is 5.56 Å². The third-order valence-corrected chi connectivity index (χ3v) is 6.54. The highest BCUT2D eigenvalue weighted by Crippen LogP contribution is 2.49. The summed E-state index contributed by atoms with van der Waals surface area (Å²) in [7, 11) is 2.92. The van der Waals surface area contributed by atoms with E-state index in [-0.39, 0.29) is 40.1 Å². The number of hydrogen-bond donors (Lipinski definition) is 4. The van der Waals surface area contributed by atoms with E-state index in [2.05, 4.69) is 32.5 Å². The molecule has 188 valence electrons. The van der Waals surface area contributed by atoms with Gasteiger partial charge in [0, 0.05) is 30.2 Å². The van der Waals surface area contributed by atoms with Gasteiger partial charge in [-0.1, -0.05) is 18.5 Å². The highest BCUT2D eigenvalue weighted by Gasteiger charge is 2.31. The van der Waals surface area contributed by atoms with Crippen LogP contribution in [0, 0.1) is 5.82 Å². The Morgan fingerprint density at radius 1 is 1.31 bits per heavy atom. The van der Waals surface area contributed by atoms with Gasteiger partial charge in [0.2, 0.25) is 0 Å². The molecule has 3 aromatic rings. The quantitative estimate of drug-likeness (QED) is 0.402. The molecule has 8 nitrogen and oxygen atoms in total. The van der Waals surface area contributed by atoms with Crippen molar-refractivity contribution in [2.45, 2.75) is 50.7 Å². The normalized spacial score (nSPS) is 19.4. The number of rotatable bonds is 5. The number of benzene rings is 1. The number of H-pyrrole nitrogens is 1. The van der Waals surface area contributed by atoms with Gasteiger partial charge in [-0.05, 0) is 49.3 Å². The molecule has 3 heterocycles. The number of nitrogens with one attached hydrogen (secondary N) is 3. The summed E-state index contributed by atoms with van der Waals surface area (Å²) in [5.41, 5.74) is 0.247. The standard InChI is InChI=1S/C18H16ClFN4O3.C6H12FN/c1-21-16-12-15(23-18(24-16)27-2)13(20)14(22-17(12)26)9-5-8(25)6-10(19)11(9)7-3-4-7;1-2-6-3-5(7)4-8-6/h5-7,25H,3-4H2,1-2H3,(H,22,26)(H,21,23,24);5-6,8H,2-4H2,1H3. The van der Waals surface area contributed by atoms with Crippen LogP contribution in [0.1, 0.15) is 44.1 Å². The van der Waals surface area contributed by atoms with Crippen LogP contribution in [-0.4, -0.2) is 53.0 Å². The number of phenolic OH excluding ortho intramolecular Hbond substituents is 1. The number of ether oxygens (including phenoxy) is 1. The summed E-state index contributed by atoms with van der Waals surface area (Å²) in [5, 5.41) is 16.1. The number of aromatic amines is 1. The summed E-state index contributed by atoms with van der Waals surface area (Å²) < 4.78 is 32.7. The van der Waals surface area contributed by atoms with E-state index in [1.165, 1.54) is 19.2 Å². The van der Waals surface area contributed by atoms with Gasteiger partial charge >= 0.3 is 6.01 Å². The predicted octanol–water partition coefficient (Wildman–Crippen LogP) is 4.51. The molecule has 0 amide bonds. The van der Waals surface area contributed by atoms with Crippen molar-refractivity contribution in [3.05, 3.63) is 38.9 Å². The monoisotopic (exact) mass is 507 g/mol. The fourth-order valence-electron chi connectivity index (χ4n) is 4.30. The van der Waals surface area contributed by atoms with Crippen LogP contribution < -0.4 is 20.9 Å². The lowest BCUT2D eigenvalue weighted by Crippen LogP contribution is -2.19. The third kappa shape index (κ3) is 5.18. The van der Waals surface area contributed by atoms with Crippen LogP contribution in [0.4, 0.5) is 14.6 Å². The number of alkyl halides is 1. The Morgan fingerprint density at radius 2 is 2.06 bits per heavy atom. The molecule has 1 aliphatic carbocycles. The lowest BCUT2D eigenvalue weighted by Gasteiger charge is -2.14. The Morgan fingerprint density at radius 3 is 2.60 bits per heavy atom. The zero-order chi connectivity index (χ0) is 25.3. The van der Waals surface area contributed by atoms with Crippen molar-refractivity contribution in [3.63, 3.8) is 0 Å². The molecule has 5 rings (SSSR count). The lowest BCUT2D eigenvalue weighted by molar-refractivity contribution is 0.354. The van der Waals surface area contributed by atoms with E-state index in [1.54, 1.807) is 7.05 Å². The number of anilines is 1.